The Kier molecular flexibility index (Phi) is 5.10. The number of benzene rings is 3. The van der Waals surface area contributed by atoms with E-state index < -0.39 is 0 Å². The molecule has 2 N–H and O–H groups in total. The second kappa shape index (κ2) is 7.82. The minimum absolute atomic E-state index is 0.321. The normalized spacial score (nSPS) is 11.1. The Labute approximate surface area is 161 Å². The van der Waals surface area contributed by atoms with E-state index in [-0.39, 0.29) is 5.63 Å². The summed E-state index contributed by atoms with van der Waals surface area (Å²) in [5, 5.41) is 6.05. The van der Waals surface area contributed by atoms with E-state index in [9.17, 15) is 4.79 Å². The van der Waals surface area contributed by atoms with Gasteiger partial charge < -0.3 is 14.5 Å². The van der Waals surface area contributed by atoms with Crippen LogP contribution >= 0.6 is 11.6 Å². The molecule has 1 heterocycles. The zero-order chi connectivity index (χ0) is 18.6. The van der Waals surface area contributed by atoms with Gasteiger partial charge in [0.05, 0.1) is 0 Å². The summed E-state index contributed by atoms with van der Waals surface area (Å²) in [4.78, 5) is 11.9. The molecular formula is C22H19ClNO3+. The van der Waals surface area contributed by atoms with Gasteiger partial charge in [-0.1, -0.05) is 41.9 Å². The van der Waals surface area contributed by atoms with Crippen LogP contribution in [0.15, 0.2) is 75.9 Å². The Balaban J connectivity index is 1.49. The van der Waals surface area contributed by atoms with Crippen LogP contribution in [0, 0.1) is 0 Å². The number of ether oxygens (including phenoxy) is 1. The molecule has 136 valence electrons. The highest BCUT2D eigenvalue weighted by Crippen LogP contribution is 2.26. The maximum absolute atomic E-state index is 11.9. The van der Waals surface area contributed by atoms with Gasteiger partial charge in [-0.15, -0.1) is 0 Å². The van der Waals surface area contributed by atoms with E-state index in [0.29, 0.717) is 23.8 Å². The molecule has 0 fully saturated rings. The predicted octanol–water partition coefficient (Wildman–Crippen LogP) is 3.74. The van der Waals surface area contributed by atoms with Crippen molar-refractivity contribution in [2.45, 2.75) is 6.54 Å². The lowest BCUT2D eigenvalue weighted by Gasteiger charge is -2.09. The fourth-order valence-electron chi connectivity index (χ4n) is 3.23. The first kappa shape index (κ1) is 17.6. The van der Waals surface area contributed by atoms with Crippen LogP contribution in [0.2, 0.25) is 5.02 Å². The smallest absolute Gasteiger partial charge is 0.336 e. The van der Waals surface area contributed by atoms with Gasteiger partial charge in [-0.3, -0.25) is 0 Å². The van der Waals surface area contributed by atoms with Gasteiger partial charge >= 0.3 is 5.63 Å². The average Bonchev–Trinajstić information content (AvgIpc) is 2.68. The Morgan fingerprint density at radius 3 is 2.67 bits per heavy atom. The quantitative estimate of drug-likeness (QED) is 0.315. The van der Waals surface area contributed by atoms with Crippen LogP contribution in [-0.2, 0) is 6.54 Å². The molecule has 4 nitrogen and oxygen atoms in total. The molecule has 0 aliphatic rings. The third-order valence-electron chi connectivity index (χ3n) is 4.48. The van der Waals surface area contributed by atoms with Crippen molar-refractivity contribution in [3.05, 3.63) is 87.7 Å². The molecule has 0 aliphatic heterocycles. The van der Waals surface area contributed by atoms with Crippen molar-refractivity contribution in [1.29, 1.82) is 0 Å². The van der Waals surface area contributed by atoms with Crippen LogP contribution in [0.3, 0.4) is 0 Å². The molecule has 0 aliphatic carbocycles. The zero-order valence-corrected chi connectivity index (χ0v) is 15.4. The molecule has 0 unspecified atom stereocenters. The fourth-order valence-corrected chi connectivity index (χ4v) is 3.36. The van der Waals surface area contributed by atoms with E-state index in [2.05, 4.69) is 17.4 Å². The summed E-state index contributed by atoms with van der Waals surface area (Å²) < 4.78 is 11.1. The standard InChI is InChI=1S/C22H18ClNO3/c23-17-6-8-18(9-7-17)26-12-11-24-14-16-13-21(25)27-20-10-5-15-3-1-2-4-19(15)22(16)20/h1-10,13,24H,11-12,14H2/p+1. The zero-order valence-electron chi connectivity index (χ0n) is 14.7. The van der Waals surface area contributed by atoms with Crippen LogP contribution < -0.4 is 15.7 Å². The van der Waals surface area contributed by atoms with Crippen LogP contribution in [0.5, 0.6) is 5.75 Å². The van der Waals surface area contributed by atoms with Crippen molar-refractivity contribution in [2.75, 3.05) is 13.2 Å². The maximum atomic E-state index is 11.9. The van der Waals surface area contributed by atoms with E-state index in [1.807, 2.05) is 36.4 Å². The van der Waals surface area contributed by atoms with Crippen molar-refractivity contribution in [2.24, 2.45) is 0 Å². The third-order valence-corrected chi connectivity index (χ3v) is 4.74. The van der Waals surface area contributed by atoms with Crippen LogP contribution in [0.1, 0.15) is 5.56 Å². The highest BCUT2D eigenvalue weighted by atomic mass is 35.5. The molecule has 5 heteroatoms. The first-order valence-corrected chi connectivity index (χ1v) is 9.23. The van der Waals surface area contributed by atoms with Crippen LogP contribution in [0.4, 0.5) is 0 Å². The lowest BCUT2D eigenvalue weighted by molar-refractivity contribution is -0.670. The summed E-state index contributed by atoms with van der Waals surface area (Å²) in [6.45, 7) is 2.02. The number of hydrogen-bond donors (Lipinski definition) is 1. The molecule has 0 bridgehead atoms. The fraction of sp³-hybridized carbons (Fsp3) is 0.136. The number of halogens is 1. The van der Waals surface area contributed by atoms with Crippen molar-refractivity contribution in [1.82, 2.24) is 0 Å². The van der Waals surface area contributed by atoms with Gasteiger partial charge in [0.25, 0.3) is 0 Å². The van der Waals surface area contributed by atoms with Gasteiger partial charge in [0.1, 0.15) is 31.0 Å². The van der Waals surface area contributed by atoms with Gasteiger partial charge in [0.2, 0.25) is 0 Å². The Morgan fingerprint density at radius 1 is 1.00 bits per heavy atom. The summed E-state index contributed by atoms with van der Waals surface area (Å²) >= 11 is 5.87. The Hall–Kier alpha value is -2.82. The molecule has 0 radical (unpaired) electrons. The molecule has 3 aromatic carbocycles. The molecule has 4 aromatic rings. The molecule has 0 amide bonds. The van der Waals surface area contributed by atoms with Crippen LogP contribution in [-0.4, -0.2) is 13.2 Å². The predicted molar refractivity (Wildman–Crippen MR) is 107 cm³/mol. The molecule has 4 rings (SSSR count). The average molecular weight is 381 g/mol. The van der Waals surface area contributed by atoms with E-state index in [1.54, 1.807) is 18.2 Å². The van der Waals surface area contributed by atoms with Crippen LogP contribution in [0.25, 0.3) is 21.7 Å². The van der Waals surface area contributed by atoms with Gasteiger partial charge in [-0.2, -0.15) is 0 Å². The maximum Gasteiger partial charge on any atom is 0.336 e. The van der Waals surface area contributed by atoms with Gasteiger partial charge in [0.15, 0.2) is 0 Å². The SMILES string of the molecule is O=c1cc(C[NH2+]CCOc2ccc(Cl)cc2)c2c(ccc3ccccc32)o1. The second-order valence-corrected chi connectivity index (χ2v) is 6.77. The minimum Gasteiger partial charge on any atom is -0.488 e. The number of nitrogens with two attached hydrogens (primary N) is 1. The highest BCUT2D eigenvalue weighted by Gasteiger charge is 2.10. The van der Waals surface area contributed by atoms with Crippen molar-refractivity contribution in [3.63, 3.8) is 0 Å². The third kappa shape index (κ3) is 3.97. The monoisotopic (exact) mass is 380 g/mol. The molecule has 0 saturated carbocycles. The van der Waals surface area contributed by atoms with Gasteiger partial charge in [-0.25, -0.2) is 4.79 Å². The molecule has 0 spiro atoms. The summed E-state index contributed by atoms with van der Waals surface area (Å²) in [6.07, 6.45) is 0. The lowest BCUT2D eigenvalue weighted by Crippen LogP contribution is -2.83. The summed E-state index contributed by atoms with van der Waals surface area (Å²) in [6, 6.07) is 20.9. The minimum atomic E-state index is -0.321. The highest BCUT2D eigenvalue weighted by molar-refractivity contribution is 6.30. The van der Waals surface area contributed by atoms with Gasteiger partial charge in [-0.05, 0) is 41.1 Å². The Morgan fingerprint density at radius 2 is 1.81 bits per heavy atom. The van der Waals surface area contributed by atoms with E-state index in [1.165, 1.54) is 0 Å². The lowest BCUT2D eigenvalue weighted by atomic mass is 10.0. The molecule has 1 aromatic heterocycles. The van der Waals surface area contributed by atoms with Gasteiger partial charge in [0, 0.05) is 22.0 Å². The number of fused-ring (bicyclic) bond motifs is 3. The summed E-state index contributed by atoms with van der Waals surface area (Å²) in [5.41, 5.74) is 1.28. The molecular weight excluding hydrogens is 362 g/mol. The molecule has 0 saturated heterocycles. The van der Waals surface area contributed by atoms with Crippen molar-refractivity contribution >= 4 is 33.3 Å². The second-order valence-electron chi connectivity index (χ2n) is 6.33. The van der Waals surface area contributed by atoms with Crippen molar-refractivity contribution in [3.8, 4) is 5.75 Å². The number of hydrogen-bond acceptors (Lipinski definition) is 3. The molecule has 27 heavy (non-hydrogen) atoms. The van der Waals surface area contributed by atoms with E-state index >= 15 is 0 Å². The summed E-state index contributed by atoms with van der Waals surface area (Å²) in [5.74, 6) is 0.796. The number of quaternary nitrogens is 1. The summed E-state index contributed by atoms with van der Waals surface area (Å²) in [7, 11) is 0. The Bertz CT molecular complexity index is 1140. The largest absolute Gasteiger partial charge is 0.488 e. The van der Waals surface area contributed by atoms with Crippen molar-refractivity contribution < 1.29 is 14.5 Å². The van der Waals surface area contributed by atoms with E-state index in [0.717, 1.165) is 34.0 Å². The first-order chi connectivity index (χ1) is 13.2. The number of rotatable bonds is 6. The molecule has 0 atom stereocenters. The first-order valence-electron chi connectivity index (χ1n) is 8.85. The topological polar surface area (TPSA) is 56.0 Å². The van der Waals surface area contributed by atoms with E-state index in [4.69, 9.17) is 20.8 Å².